The summed E-state index contributed by atoms with van der Waals surface area (Å²) in [6, 6.07) is 10.1. The van der Waals surface area contributed by atoms with Gasteiger partial charge in [-0.15, -0.1) is 0 Å². The lowest BCUT2D eigenvalue weighted by atomic mass is 10.2. The molecule has 1 atom stereocenters. The highest BCUT2D eigenvalue weighted by Crippen LogP contribution is 2.27. The lowest BCUT2D eigenvalue weighted by Crippen LogP contribution is -2.48. The standard InChI is InChI=1S/C18H22N4O2/c23-18(22-9-6-15-4-1-2-5-17(15)22)14-20-10-11-24-16(12-20)13-21-8-3-7-19-21/h1-5,7-8,16H,6,9-14H2. The van der Waals surface area contributed by atoms with Crippen molar-refractivity contribution in [3.05, 3.63) is 48.3 Å². The molecule has 4 rings (SSSR count). The Morgan fingerprint density at radius 1 is 1.25 bits per heavy atom. The molecule has 0 bridgehead atoms. The minimum absolute atomic E-state index is 0.0808. The smallest absolute Gasteiger partial charge is 0.241 e. The van der Waals surface area contributed by atoms with Crippen LogP contribution in [0.5, 0.6) is 0 Å². The highest BCUT2D eigenvalue weighted by atomic mass is 16.5. The second kappa shape index (κ2) is 6.75. The summed E-state index contributed by atoms with van der Waals surface area (Å²) in [6.45, 7) is 4.20. The van der Waals surface area contributed by atoms with Gasteiger partial charge in [0.1, 0.15) is 0 Å². The molecular weight excluding hydrogens is 304 g/mol. The number of morpholine rings is 1. The van der Waals surface area contributed by atoms with Gasteiger partial charge in [-0.05, 0) is 24.1 Å². The van der Waals surface area contributed by atoms with E-state index in [1.807, 2.05) is 40.0 Å². The third-order valence-corrected chi connectivity index (χ3v) is 4.72. The van der Waals surface area contributed by atoms with E-state index in [1.165, 1.54) is 5.56 Å². The van der Waals surface area contributed by atoms with Gasteiger partial charge in [0.15, 0.2) is 0 Å². The summed E-state index contributed by atoms with van der Waals surface area (Å²) in [4.78, 5) is 16.8. The Hall–Kier alpha value is -2.18. The normalized spacial score (nSPS) is 21.0. The van der Waals surface area contributed by atoms with E-state index in [9.17, 15) is 4.79 Å². The predicted octanol–water partition coefficient (Wildman–Crippen LogP) is 1.17. The molecule has 2 aliphatic rings. The summed E-state index contributed by atoms with van der Waals surface area (Å²) in [5.41, 5.74) is 2.34. The van der Waals surface area contributed by atoms with Gasteiger partial charge >= 0.3 is 0 Å². The van der Waals surface area contributed by atoms with Crippen LogP contribution in [0.3, 0.4) is 0 Å². The molecule has 0 spiro atoms. The Morgan fingerprint density at radius 2 is 2.17 bits per heavy atom. The Labute approximate surface area is 141 Å². The molecule has 1 aromatic heterocycles. The van der Waals surface area contributed by atoms with Crippen molar-refractivity contribution in [2.75, 3.05) is 37.7 Å². The van der Waals surface area contributed by atoms with Crippen molar-refractivity contribution < 1.29 is 9.53 Å². The zero-order valence-corrected chi connectivity index (χ0v) is 13.7. The Balaban J connectivity index is 1.36. The number of hydrogen-bond acceptors (Lipinski definition) is 4. The van der Waals surface area contributed by atoms with Crippen molar-refractivity contribution in [1.82, 2.24) is 14.7 Å². The van der Waals surface area contributed by atoms with E-state index < -0.39 is 0 Å². The van der Waals surface area contributed by atoms with Crippen LogP contribution in [0, 0.1) is 0 Å². The molecule has 2 aliphatic heterocycles. The second-order valence-corrected chi connectivity index (χ2v) is 6.38. The number of carbonyl (C=O) groups excluding carboxylic acids is 1. The predicted molar refractivity (Wildman–Crippen MR) is 90.9 cm³/mol. The SMILES string of the molecule is O=C(CN1CCOC(Cn2cccn2)C1)N1CCc2ccccc21. The molecule has 6 nitrogen and oxygen atoms in total. The maximum absolute atomic E-state index is 12.7. The van der Waals surface area contributed by atoms with Crippen molar-refractivity contribution in [3.63, 3.8) is 0 Å². The quantitative estimate of drug-likeness (QED) is 0.846. The number of carbonyl (C=O) groups is 1. The van der Waals surface area contributed by atoms with E-state index in [4.69, 9.17) is 4.74 Å². The molecule has 2 aromatic rings. The number of fused-ring (bicyclic) bond motifs is 1. The van der Waals surface area contributed by atoms with E-state index in [1.54, 1.807) is 6.20 Å². The fraction of sp³-hybridized carbons (Fsp3) is 0.444. The largest absolute Gasteiger partial charge is 0.374 e. The van der Waals surface area contributed by atoms with Crippen LogP contribution in [-0.2, 0) is 22.5 Å². The second-order valence-electron chi connectivity index (χ2n) is 6.38. The van der Waals surface area contributed by atoms with Gasteiger partial charge in [-0.3, -0.25) is 14.4 Å². The Kier molecular flexibility index (Phi) is 4.32. The van der Waals surface area contributed by atoms with Gasteiger partial charge in [-0.1, -0.05) is 18.2 Å². The Morgan fingerprint density at radius 3 is 3.04 bits per heavy atom. The monoisotopic (exact) mass is 326 g/mol. The van der Waals surface area contributed by atoms with E-state index in [-0.39, 0.29) is 12.0 Å². The minimum atomic E-state index is 0.0808. The molecule has 24 heavy (non-hydrogen) atoms. The summed E-state index contributed by atoms with van der Waals surface area (Å²) in [6.07, 6.45) is 4.74. The fourth-order valence-corrected chi connectivity index (χ4v) is 3.53. The first-order chi connectivity index (χ1) is 11.8. The number of nitrogens with zero attached hydrogens (tertiary/aromatic N) is 4. The summed E-state index contributed by atoms with van der Waals surface area (Å²) in [5, 5.41) is 4.23. The van der Waals surface area contributed by atoms with Crippen LogP contribution in [0.4, 0.5) is 5.69 Å². The first-order valence-corrected chi connectivity index (χ1v) is 8.49. The molecule has 6 heteroatoms. The molecule has 0 radical (unpaired) electrons. The molecule has 1 amide bonds. The maximum Gasteiger partial charge on any atom is 0.241 e. The summed E-state index contributed by atoms with van der Waals surface area (Å²) in [5.74, 6) is 0.180. The van der Waals surface area contributed by atoms with Gasteiger partial charge in [0, 0.05) is 37.7 Å². The average Bonchev–Trinajstić information content (AvgIpc) is 3.24. The number of rotatable bonds is 4. The molecule has 1 aromatic carbocycles. The van der Waals surface area contributed by atoms with Crippen molar-refractivity contribution in [1.29, 1.82) is 0 Å². The number of amides is 1. The van der Waals surface area contributed by atoms with Crippen LogP contribution in [-0.4, -0.2) is 59.5 Å². The van der Waals surface area contributed by atoms with Crippen molar-refractivity contribution in [2.45, 2.75) is 19.1 Å². The number of anilines is 1. The number of benzene rings is 1. The van der Waals surface area contributed by atoms with Gasteiger partial charge in [-0.2, -0.15) is 5.10 Å². The molecule has 3 heterocycles. The fourth-order valence-electron chi connectivity index (χ4n) is 3.53. The zero-order valence-electron chi connectivity index (χ0n) is 13.7. The number of para-hydroxylation sites is 1. The van der Waals surface area contributed by atoms with Crippen LogP contribution in [0.2, 0.25) is 0 Å². The summed E-state index contributed by atoms with van der Waals surface area (Å²) < 4.78 is 7.70. The van der Waals surface area contributed by atoms with E-state index in [0.717, 1.165) is 38.3 Å². The molecular formula is C18H22N4O2. The molecule has 0 saturated carbocycles. The summed E-state index contributed by atoms with van der Waals surface area (Å²) >= 11 is 0. The number of ether oxygens (including phenoxy) is 1. The maximum atomic E-state index is 12.7. The molecule has 1 unspecified atom stereocenters. The number of hydrogen-bond donors (Lipinski definition) is 0. The van der Waals surface area contributed by atoms with Gasteiger partial charge < -0.3 is 9.64 Å². The van der Waals surface area contributed by atoms with Crippen LogP contribution in [0.1, 0.15) is 5.56 Å². The first kappa shape index (κ1) is 15.4. The van der Waals surface area contributed by atoms with Crippen LogP contribution >= 0.6 is 0 Å². The molecule has 0 aliphatic carbocycles. The van der Waals surface area contributed by atoms with Crippen LogP contribution in [0.15, 0.2) is 42.7 Å². The molecule has 1 saturated heterocycles. The average molecular weight is 326 g/mol. The highest BCUT2D eigenvalue weighted by molar-refractivity contribution is 5.96. The van der Waals surface area contributed by atoms with Gasteiger partial charge in [-0.25, -0.2) is 0 Å². The van der Waals surface area contributed by atoms with E-state index in [2.05, 4.69) is 16.1 Å². The highest BCUT2D eigenvalue weighted by Gasteiger charge is 2.28. The summed E-state index contributed by atoms with van der Waals surface area (Å²) in [7, 11) is 0. The lowest BCUT2D eigenvalue weighted by Gasteiger charge is -2.33. The van der Waals surface area contributed by atoms with Gasteiger partial charge in [0.25, 0.3) is 0 Å². The Bertz CT molecular complexity index is 701. The molecule has 1 fully saturated rings. The van der Waals surface area contributed by atoms with E-state index >= 15 is 0 Å². The van der Waals surface area contributed by atoms with Crippen molar-refractivity contribution in [2.24, 2.45) is 0 Å². The first-order valence-electron chi connectivity index (χ1n) is 8.49. The molecule has 0 N–H and O–H groups in total. The van der Waals surface area contributed by atoms with Gasteiger partial charge in [0.05, 0.1) is 25.8 Å². The van der Waals surface area contributed by atoms with Crippen molar-refractivity contribution >= 4 is 11.6 Å². The topological polar surface area (TPSA) is 50.6 Å². The minimum Gasteiger partial charge on any atom is -0.374 e. The van der Waals surface area contributed by atoms with Crippen molar-refractivity contribution in [3.8, 4) is 0 Å². The third-order valence-electron chi connectivity index (χ3n) is 4.72. The van der Waals surface area contributed by atoms with Crippen LogP contribution in [0.25, 0.3) is 0 Å². The van der Waals surface area contributed by atoms with Crippen LogP contribution < -0.4 is 4.90 Å². The lowest BCUT2D eigenvalue weighted by molar-refractivity contribution is -0.121. The van der Waals surface area contributed by atoms with Gasteiger partial charge in [0.2, 0.25) is 5.91 Å². The molecule has 126 valence electrons. The zero-order chi connectivity index (χ0) is 16.4. The number of aromatic nitrogens is 2. The third kappa shape index (κ3) is 3.20. The van der Waals surface area contributed by atoms with E-state index in [0.29, 0.717) is 13.2 Å².